The Morgan fingerprint density at radius 2 is 1.89 bits per heavy atom. The van der Waals surface area contributed by atoms with Crippen molar-refractivity contribution in [2.24, 2.45) is 0 Å². The molecule has 1 heterocycles. The van der Waals surface area contributed by atoms with Gasteiger partial charge >= 0.3 is 5.97 Å². The number of nitrogens with one attached hydrogen (secondary N) is 1. The van der Waals surface area contributed by atoms with Crippen molar-refractivity contribution in [1.29, 1.82) is 0 Å². The van der Waals surface area contributed by atoms with Gasteiger partial charge < -0.3 is 10.1 Å². The highest BCUT2D eigenvalue weighted by Gasteiger charge is 2.27. The molecule has 1 N–H and O–H groups in total. The molecule has 1 aliphatic rings. The van der Waals surface area contributed by atoms with Crippen molar-refractivity contribution in [3.8, 4) is 0 Å². The Hall–Kier alpha value is -2.34. The number of hydrogen-bond acceptors (Lipinski definition) is 4. The number of esters is 1. The maximum Gasteiger partial charge on any atom is 0.343 e. The molecule has 1 aliphatic carbocycles. The second-order valence-corrected chi connectivity index (χ2v) is 7.79. The molecule has 0 unspecified atom stereocenters. The smallest absolute Gasteiger partial charge is 0.343 e. The van der Waals surface area contributed by atoms with Gasteiger partial charge in [0.05, 0.1) is 12.2 Å². The Kier molecular flexibility index (Phi) is 6.39. The highest BCUT2D eigenvalue weighted by Crippen LogP contribution is 2.23. The minimum Gasteiger partial charge on any atom is -0.449 e. The van der Waals surface area contributed by atoms with Gasteiger partial charge in [-0.15, -0.1) is 0 Å². The number of carbonyl (C=O) groups is 2. The molecule has 150 valence electrons. The lowest BCUT2D eigenvalue weighted by Gasteiger charge is -2.17. The molecule has 0 spiro atoms. The van der Waals surface area contributed by atoms with E-state index in [0.717, 1.165) is 31.2 Å². The van der Waals surface area contributed by atoms with Gasteiger partial charge in [0.2, 0.25) is 0 Å². The predicted octanol–water partition coefficient (Wildman–Crippen LogP) is 3.81. The summed E-state index contributed by atoms with van der Waals surface area (Å²) in [4.78, 5) is 24.9. The van der Waals surface area contributed by atoms with Gasteiger partial charge in [0.1, 0.15) is 10.7 Å². The van der Waals surface area contributed by atoms with Crippen LogP contribution in [0.25, 0.3) is 0 Å². The van der Waals surface area contributed by atoms with Crippen LogP contribution in [0.5, 0.6) is 0 Å². The summed E-state index contributed by atoms with van der Waals surface area (Å²) < 4.78 is 6.93. The molecule has 6 nitrogen and oxygen atoms in total. The molecule has 7 heteroatoms. The van der Waals surface area contributed by atoms with Crippen LogP contribution in [0, 0.1) is 13.8 Å². The Morgan fingerprint density at radius 3 is 2.54 bits per heavy atom. The number of hydrogen-bond donors (Lipinski definition) is 1. The van der Waals surface area contributed by atoms with Crippen molar-refractivity contribution in [2.75, 3.05) is 0 Å². The van der Waals surface area contributed by atoms with Gasteiger partial charge in [-0.2, -0.15) is 5.10 Å². The zero-order valence-corrected chi connectivity index (χ0v) is 17.3. The van der Waals surface area contributed by atoms with Crippen LogP contribution in [0.2, 0.25) is 5.15 Å². The number of aromatic nitrogens is 2. The second kappa shape index (κ2) is 8.78. The summed E-state index contributed by atoms with van der Waals surface area (Å²) in [6.07, 6.45) is 3.30. The number of aryl methyl sites for hydroxylation is 2. The van der Waals surface area contributed by atoms with Crippen molar-refractivity contribution in [3.63, 3.8) is 0 Å². The van der Waals surface area contributed by atoms with E-state index in [0.29, 0.717) is 12.2 Å². The monoisotopic (exact) mass is 403 g/mol. The predicted molar refractivity (Wildman–Crippen MR) is 108 cm³/mol. The lowest BCUT2D eigenvalue weighted by Crippen LogP contribution is -2.40. The topological polar surface area (TPSA) is 73.2 Å². The zero-order chi connectivity index (χ0) is 20.3. The van der Waals surface area contributed by atoms with Crippen molar-refractivity contribution in [1.82, 2.24) is 15.1 Å². The van der Waals surface area contributed by atoms with E-state index < -0.39 is 12.1 Å². The van der Waals surface area contributed by atoms with Gasteiger partial charge in [-0.3, -0.25) is 4.79 Å². The van der Waals surface area contributed by atoms with E-state index in [1.165, 1.54) is 5.56 Å². The molecule has 1 aromatic carbocycles. The van der Waals surface area contributed by atoms with Crippen molar-refractivity contribution < 1.29 is 14.3 Å². The summed E-state index contributed by atoms with van der Waals surface area (Å²) >= 11 is 6.41. The van der Waals surface area contributed by atoms with Crippen molar-refractivity contribution in [3.05, 3.63) is 51.8 Å². The average molecular weight is 404 g/mol. The third kappa shape index (κ3) is 4.73. The van der Waals surface area contributed by atoms with E-state index in [2.05, 4.69) is 10.4 Å². The van der Waals surface area contributed by atoms with Gasteiger partial charge in [-0.25, -0.2) is 9.48 Å². The fraction of sp³-hybridized carbons (Fsp3) is 0.476. The summed E-state index contributed by atoms with van der Waals surface area (Å²) in [6, 6.07) is 8.20. The van der Waals surface area contributed by atoms with Gasteiger partial charge in [0, 0.05) is 6.04 Å². The molecule has 0 saturated heterocycles. The van der Waals surface area contributed by atoms with E-state index in [4.69, 9.17) is 16.3 Å². The Labute approximate surface area is 170 Å². The summed E-state index contributed by atoms with van der Waals surface area (Å²) in [5.41, 5.74) is 2.87. The Balaban J connectivity index is 1.66. The molecule has 28 heavy (non-hydrogen) atoms. The maximum atomic E-state index is 12.6. The van der Waals surface area contributed by atoms with Crippen LogP contribution < -0.4 is 5.32 Å². The first-order chi connectivity index (χ1) is 13.3. The van der Waals surface area contributed by atoms with E-state index in [1.54, 1.807) is 18.5 Å². The van der Waals surface area contributed by atoms with Crippen LogP contribution in [0.15, 0.2) is 24.3 Å². The standard InChI is InChI=1S/C21H26ClN3O3/c1-13-8-10-16(11-9-13)12-25-19(22)18(14(2)24-25)21(27)28-15(3)20(26)23-17-6-4-5-7-17/h8-11,15,17H,4-7,12H2,1-3H3,(H,23,26)/t15-/m1/s1. The maximum absolute atomic E-state index is 12.6. The van der Waals surface area contributed by atoms with Gasteiger partial charge in [0.25, 0.3) is 5.91 Å². The molecular formula is C21H26ClN3O3. The minimum absolute atomic E-state index is 0.177. The highest BCUT2D eigenvalue weighted by atomic mass is 35.5. The molecule has 0 radical (unpaired) electrons. The van der Waals surface area contributed by atoms with Gasteiger partial charge in [0.15, 0.2) is 6.10 Å². The van der Waals surface area contributed by atoms with Crippen LogP contribution in [-0.2, 0) is 16.1 Å². The SMILES string of the molecule is Cc1ccc(Cn2nc(C)c(C(=O)O[C@H](C)C(=O)NC3CCCC3)c2Cl)cc1. The number of halogens is 1. The molecule has 3 rings (SSSR count). The van der Waals surface area contributed by atoms with Crippen LogP contribution in [0.4, 0.5) is 0 Å². The first-order valence-corrected chi connectivity index (χ1v) is 10.0. The fourth-order valence-electron chi connectivity index (χ4n) is 3.42. The number of carbonyl (C=O) groups excluding carboxylic acids is 2. The lowest BCUT2D eigenvalue weighted by atomic mass is 10.1. The van der Waals surface area contributed by atoms with E-state index in [9.17, 15) is 9.59 Å². The van der Waals surface area contributed by atoms with Crippen LogP contribution >= 0.6 is 11.6 Å². The van der Waals surface area contributed by atoms with Crippen LogP contribution in [-0.4, -0.2) is 33.8 Å². The summed E-state index contributed by atoms with van der Waals surface area (Å²) in [5, 5.41) is 7.52. The molecular weight excluding hydrogens is 378 g/mol. The summed E-state index contributed by atoms with van der Waals surface area (Å²) in [5.74, 6) is -0.909. The van der Waals surface area contributed by atoms with Crippen molar-refractivity contribution in [2.45, 2.75) is 65.1 Å². The lowest BCUT2D eigenvalue weighted by molar-refractivity contribution is -0.129. The molecule has 1 atom stereocenters. The average Bonchev–Trinajstić information content (AvgIpc) is 3.25. The van der Waals surface area contributed by atoms with E-state index in [-0.39, 0.29) is 22.7 Å². The number of benzene rings is 1. The van der Waals surface area contributed by atoms with E-state index in [1.807, 2.05) is 31.2 Å². The molecule has 0 aliphatic heterocycles. The third-order valence-electron chi connectivity index (χ3n) is 5.08. The van der Waals surface area contributed by atoms with Crippen LogP contribution in [0.3, 0.4) is 0 Å². The second-order valence-electron chi connectivity index (χ2n) is 7.43. The summed E-state index contributed by atoms with van der Waals surface area (Å²) in [7, 11) is 0. The molecule has 2 aromatic rings. The minimum atomic E-state index is -0.885. The Bertz CT molecular complexity index is 855. The van der Waals surface area contributed by atoms with E-state index >= 15 is 0 Å². The first kappa shape index (κ1) is 20.4. The third-order valence-corrected chi connectivity index (χ3v) is 5.46. The molecule has 1 amide bonds. The molecule has 0 bridgehead atoms. The fourth-order valence-corrected chi connectivity index (χ4v) is 3.73. The number of amides is 1. The van der Waals surface area contributed by atoms with Gasteiger partial charge in [-0.05, 0) is 39.2 Å². The molecule has 1 saturated carbocycles. The van der Waals surface area contributed by atoms with Crippen molar-refractivity contribution >= 4 is 23.5 Å². The highest BCUT2D eigenvalue weighted by molar-refractivity contribution is 6.32. The quantitative estimate of drug-likeness (QED) is 0.744. The molecule has 1 fully saturated rings. The van der Waals surface area contributed by atoms with Gasteiger partial charge in [-0.1, -0.05) is 54.3 Å². The number of ether oxygens (including phenoxy) is 1. The summed E-state index contributed by atoms with van der Waals surface area (Å²) in [6.45, 7) is 5.75. The molecule has 1 aromatic heterocycles. The number of rotatable bonds is 6. The zero-order valence-electron chi connectivity index (χ0n) is 16.5. The largest absolute Gasteiger partial charge is 0.449 e. The normalized spacial score (nSPS) is 15.4. The Morgan fingerprint density at radius 1 is 1.25 bits per heavy atom. The first-order valence-electron chi connectivity index (χ1n) is 9.65. The van der Waals surface area contributed by atoms with Crippen LogP contribution in [0.1, 0.15) is 59.8 Å². The number of nitrogens with zero attached hydrogens (tertiary/aromatic N) is 2.